The van der Waals surface area contributed by atoms with Gasteiger partial charge in [-0.15, -0.1) is 0 Å². The maximum Gasteiger partial charge on any atom is 0.257 e. The SMILES string of the molecule is O=C(c1ccoc1)N1CC[C@@H]2OCCC[C@@]2(COCc2ccccn2)C1. The normalized spacial score (nSPS) is 25.7. The number of rotatable bonds is 5. The monoisotopic (exact) mass is 356 g/mol. The third-order valence-corrected chi connectivity index (χ3v) is 5.41. The van der Waals surface area contributed by atoms with E-state index in [0.29, 0.717) is 31.9 Å². The van der Waals surface area contributed by atoms with Crippen molar-refractivity contribution in [2.75, 3.05) is 26.3 Å². The number of furan rings is 1. The number of amides is 1. The first kappa shape index (κ1) is 17.2. The number of ether oxygens (including phenoxy) is 2. The zero-order valence-corrected chi connectivity index (χ0v) is 14.8. The predicted molar refractivity (Wildman–Crippen MR) is 94.5 cm³/mol. The minimum atomic E-state index is -0.148. The highest BCUT2D eigenvalue weighted by Crippen LogP contribution is 2.41. The van der Waals surface area contributed by atoms with Crippen molar-refractivity contribution in [1.82, 2.24) is 9.88 Å². The average molecular weight is 356 g/mol. The molecule has 2 fully saturated rings. The molecule has 6 nitrogen and oxygen atoms in total. The number of fused-ring (bicyclic) bond motifs is 1. The van der Waals surface area contributed by atoms with Gasteiger partial charge in [-0.25, -0.2) is 0 Å². The van der Waals surface area contributed by atoms with Crippen LogP contribution in [0.15, 0.2) is 47.4 Å². The van der Waals surface area contributed by atoms with Crippen molar-refractivity contribution in [2.45, 2.75) is 32.0 Å². The van der Waals surface area contributed by atoms with E-state index < -0.39 is 0 Å². The Morgan fingerprint density at radius 1 is 1.38 bits per heavy atom. The summed E-state index contributed by atoms with van der Waals surface area (Å²) in [4.78, 5) is 19.0. The van der Waals surface area contributed by atoms with Crippen molar-refractivity contribution in [3.05, 3.63) is 54.2 Å². The second-order valence-electron chi connectivity index (χ2n) is 7.17. The zero-order valence-electron chi connectivity index (χ0n) is 14.8. The molecule has 2 aliphatic heterocycles. The van der Waals surface area contributed by atoms with Crippen molar-refractivity contribution in [3.63, 3.8) is 0 Å². The lowest BCUT2D eigenvalue weighted by atomic mass is 9.73. The summed E-state index contributed by atoms with van der Waals surface area (Å²) in [7, 11) is 0. The highest BCUT2D eigenvalue weighted by molar-refractivity contribution is 5.93. The number of pyridine rings is 1. The van der Waals surface area contributed by atoms with Gasteiger partial charge in [0.25, 0.3) is 5.91 Å². The molecule has 0 unspecified atom stereocenters. The van der Waals surface area contributed by atoms with Gasteiger partial charge in [-0.3, -0.25) is 9.78 Å². The summed E-state index contributed by atoms with van der Waals surface area (Å²) < 4.78 is 17.2. The molecule has 2 saturated heterocycles. The second-order valence-corrected chi connectivity index (χ2v) is 7.17. The van der Waals surface area contributed by atoms with Crippen LogP contribution < -0.4 is 0 Å². The summed E-state index contributed by atoms with van der Waals surface area (Å²) in [6, 6.07) is 7.54. The maximum atomic E-state index is 12.7. The van der Waals surface area contributed by atoms with E-state index in [1.165, 1.54) is 12.5 Å². The van der Waals surface area contributed by atoms with E-state index in [-0.39, 0.29) is 17.4 Å². The van der Waals surface area contributed by atoms with E-state index in [2.05, 4.69) is 4.98 Å². The quantitative estimate of drug-likeness (QED) is 0.824. The number of carbonyl (C=O) groups excluding carboxylic acids is 1. The van der Waals surface area contributed by atoms with Gasteiger partial charge in [-0.05, 0) is 37.5 Å². The Hall–Kier alpha value is -2.18. The Balaban J connectivity index is 1.45. The minimum absolute atomic E-state index is 0.0203. The molecule has 0 aromatic carbocycles. The van der Waals surface area contributed by atoms with Crippen LogP contribution in [0, 0.1) is 5.41 Å². The van der Waals surface area contributed by atoms with Crippen LogP contribution >= 0.6 is 0 Å². The van der Waals surface area contributed by atoms with Gasteiger partial charge >= 0.3 is 0 Å². The van der Waals surface area contributed by atoms with Crippen molar-refractivity contribution < 1.29 is 18.7 Å². The lowest BCUT2D eigenvalue weighted by Crippen LogP contribution is -2.58. The molecule has 26 heavy (non-hydrogen) atoms. The number of piperidine rings is 1. The van der Waals surface area contributed by atoms with Crippen molar-refractivity contribution in [1.29, 1.82) is 0 Å². The molecule has 0 N–H and O–H groups in total. The maximum absolute atomic E-state index is 12.7. The van der Waals surface area contributed by atoms with Gasteiger partial charge in [0.2, 0.25) is 0 Å². The smallest absolute Gasteiger partial charge is 0.257 e. The van der Waals surface area contributed by atoms with Gasteiger partial charge < -0.3 is 18.8 Å². The molecule has 1 amide bonds. The molecular weight excluding hydrogens is 332 g/mol. The van der Waals surface area contributed by atoms with Gasteiger partial charge in [-0.1, -0.05) is 6.07 Å². The van der Waals surface area contributed by atoms with Gasteiger partial charge in [0, 0.05) is 31.3 Å². The molecule has 2 atom stereocenters. The van der Waals surface area contributed by atoms with E-state index in [4.69, 9.17) is 13.9 Å². The third-order valence-electron chi connectivity index (χ3n) is 5.41. The molecule has 0 radical (unpaired) electrons. The van der Waals surface area contributed by atoms with Crippen molar-refractivity contribution in [3.8, 4) is 0 Å². The number of carbonyl (C=O) groups is 1. The van der Waals surface area contributed by atoms with Crippen LogP contribution in [0.25, 0.3) is 0 Å². The molecule has 0 saturated carbocycles. The predicted octanol–water partition coefficient (Wildman–Crippen LogP) is 2.90. The minimum Gasteiger partial charge on any atom is -0.472 e. The molecule has 4 heterocycles. The van der Waals surface area contributed by atoms with Gasteiger partial charge in [-0.2, -0.15) is 0 Å². The first-order chi connectivity index (χ1) is 12.8. The summed E-state index contributed by atoms with van der Waals surface area (Å²) >= 11 is 0. The van der Waals surface area contributed by atoms with E-state index in [9.17, 15) is 4.79 Å². The number of nitrogens with zero attached hydrogens (tertiary/aromatic N) is 2. The number of hydrogen-bond acceptors (Lipinski definition) is 5. The van der Waals surface area contributed by atoms with E-state index in [1.54, 1.807) is 12.3 Å². The molecule has 2 aliphatic rings. The lowest BCUT2D eigenvalue weighted by Gasteiger charge is -2.50. The fourth-order valence-corrected chi connectivity index (χ4v) is 4.09. The number of hydrogen-bond donors (Lipinski definition) is 0. The molecule has 0 bridgehead atoms. The molecular formula is C20H24N2O4. The summed E-state index contributed by atoms with van der Waals surface area (Å²) in [5, 5.41) is 0. The molecule has 2 aromatic rings. The fraction of sp³-hybridized carbons (Fsp3) is 0.500. The highest BCUT2D eigenvalue weighted by Gasteiger charge is 2.47. The summed E-state index contributed by atoms with van der Waals surface area (Å²) in [6.07, 6.45) is 7.82. The third kappa shape index (κ3) is 3.52. The standard InChI is InChI=1S/C20H24N2O4/c23-19(16-6-11-24-12-16)22-9-5-18-20(14-22,7-3-10-26-18)15-25-13-17-4-1-2-8-21-17/h1-2,4,6,8,11-12,18H,3,5,7,9-10,13-15H2/t18-,20-/m0/s1. The Kier molecular flexibility index (Phi) is 5.04. The molecule has 2 aromatic heterocycles. The topological polar surface area (TPSA) is 64.8 Å². The largest absolute Gasteiger partial charge is 0.472 e. The van der Waals surface area contributed by atoms with Crippen LogP contribution in [-0.4, -0.2) is 48.2 Å². The van der Waals surface area contributed by atoms with Crippen LogP contribution in [0.3, 0.4) is 0 Å². The highest BCUT2D eigenvalue weighted by atomic mass is 16.5. The summed E-state index contributed by atoms with van der Waals surface area (Å²) in [5.74, 6) is 0.0203. The summed E-state index contributed by atoms with van der Waals surface area (Å²) in [6.45, 7) is 3.21. The molecule has 0 spiro atoms. The fourth-order valence-electron chi connectivity index (χ4n) is 4.09. The van der Waals surface area contributed by atoms with Crippen LogP contribution in [0.4, 0.5) is 0 Å². The van der Waals surface area contributed by atoms with Gasteiger partial charge in [0.1, 0.15) is 6.26 Å². The molecule has 6 heteroatoms. The van der Waals surface area contributed by atoms with Crippen LogP contribution in [-0.2, 0) is 16.1 Å². The van der Waals surface area contributed by atoms with E-state index in [0.717, 1.165) is 31.6 Å². The van der Waals surface area contributed by atoms with Crippen molar-refractivity contribution >= 4 is 5.91 Å². The first-order valence-electron chi connectivity index (χ1n) is 9.18. The summed E-state index contributed by atoms with van der Waals surface area (Å²) in [5.41, 5.74) is 1.37. The van der Waals surface area contributed by atoms with Crippen molar-refractivity contribution in [2.24, 2.45) is 5.41 Å². The molecule has 0 aliphatic carbocycles. The van der Waals surface area contributed by atoms with Crippen LogP contribution in [0.2, 0.25) is 0 Å². The van der Waals surface area contributed by atoms with Crippen LogP contribution in [0.1, 0.15) is 35.3 Å². The molecule has 4 rings (SSSR count). The Bertz CT molecular complexity index is 719. The Morgan fingerprint density at radius 3 is 3.15 bits per heavy atom. The van der Waals surface area contributed by atoms with Crippen LogP contribution in [0.5, 0.6) is 0 Å². The van der Waals surface area contributed by atoms with E-state index in [1.807, 2.05) is 23.1 Å². The Labute approximate surface area is 153 Å². The number of aromatic nitrogens is 1. The second kappa shape index (κ2) is 7.60. The van der Waals surface area contributed by atoms with E-state index >= 15 is 0 Å². The van der Waals surface area contributed by atoms with Gasteiger partial charge in [0.05, 0.1) is 36.8 Å². The Morgan fingerprint density at radius 2 is 2.35 bits per heavy atom. The number of likely N-dealkylation sites (tertiary alicyclic amines) is 1. The lowest BCUT2D eigenvalue weighted by molar-refractivity contribution is -0.149. The molecule has 138 valence electrons. The van der Waals surface area contributed by atoms with Gasteiger partial charge in [0.15, 0.2) is 0 Å². The first-order valence-corrected chi connectivity index (χ1v) is 9.18. The average Bonchev–Trinajstić information content (AvgIpc) is 3.22. The zero-order chi connectivity index (χ0) is 17.8.